The van der Waals surface area contributed by atoms with E-state index in [1.807, 2.05) is 11.5 Å². The van der Waals surface area contributed by atoms with Crippen molar-refractivity contribution in [2.45, 2.75) is 38.6 Å². The number of carbonyl (C=O) groups is 1. The van der Waals surface area contributed by atoms with Gasteiger partial charge in [0.2, 0.25) is 0 Å². The van der Waals surface area contributed by atoms with Crippen LogP contribution in [0.5, 0.6) is 0 Å². The Labute approximate surface area is 124 Å². The standard InChI is InChI=1S/C17H20N2O2/c1-12-18-10-16(17(20)21-2)19(12)11-14-8-5-7-13-6-3-4-9-15(13)14/h3-4,6,9-10,14H,5,7-8,11H2,1-2H3. The monoisotopic (exact) mass is 284 g/mol. The molecular weight excluding hydrogens is 264 g/mol. The van der Waals surface area contributed by atoms with Crippen molar-refractivity contribution in [1.29, 1.82) is 0 Å². The van der Waals surface area contributed by atoms with Crippen LogP contribution in [0.4, 0.5) is 0 Å². The van der Waals surface area contributed by atoms with E-state index in [4.69, 9.17) is 4.74 Å². The van der Waals surface area contributed by atoms with Crippen molar-refractivity contribution >= 4 is 5.97 Å². The van der Waals surface area contributed by atoms with Crippen molar-refractivity contribution in [1.82, 2.24) is 9.55 Å². The van der Waals surface area contributed by atoms with Gasteiger partial charge >= 0.3 is 5.97 Å². The number of carbonyl (C=O) groups excluding carboxylic acids is 1. The summed E-state index contributed by atoms with van der Waals surface area (Å²) >= 11 is 0. The topological polar surface area (TPSA) is 44.1 Å². The van der Waals surface area contributed by atoms with Crippen molar-refractivity contribution in [3.63, 3.8) is 0 Å². The van der Waals surface area contributed by atoms with Gasteiger partial charge < -0.3 is 9.30 Å². The number of benzene rings is 1. The second-order valence-electron chi connectivity index (χ2n) is 5.58. The lowest BCUT2D eigenvalue weighted by molar-refractivity contribution is 0.0587. The average molecular weight is 284 g/mol. The van der Waals surface area contributed by atoms with Crippen molar-refractivity contribution in [3.8, 4) is 0 Å². The summed E-state index contributed by atoms with van der Waals surface area (Å²) in [5.74, 6) is 0.976. The van der Waals surface area contributed by atoms with Crippen LogP contribution in [0.25, 0.3) is 0 Å². The lowest BCUT2D eigenvalue weighted by Gasteiger charge is -2.26. The van der Waals surface area contributed by atoms with Gasteiger partial charge in [0.25, 0.3) is 0 Å². The SMILES string of the molecule is COC(=O)c1cnc(C)n1CC1CCCc2ccccc21. The Morgan fingerprint density at radius 1 is 1.43 bits per heavy atom. The lowest BCUT2D eigenvalue weighted by atomic mass is 9.83. The average Bonchev–Trinajstić information content (AvgIpc) is 2.88. The first-order valence-corrected chi connectivity index (χ1v) is 7.39. The summed E-state index contributed by atoms with van der Waals surface area (Å²) in [5, 5.41) is 0. The van der Waals surface area contributed by atoms with Gasteiger partial charge in [-0.1, -0.05) is 24.3 Å². The van der Waals surface area contributed by atoms with Crippen LogP contribution in [0.15, 0.2) is 30.5 Å². The van der Waals surface area contributed by atoms with Gasteiger partial charge in [-0.2, -0.15) is 0 Å². The first-order chi connectivity index (χ1) is 10.2. The molecule has 1 heterocycles. The number of hydrogen-bond acceptors (Lipinski definition) is 3. The third-order valence-corrected chi connectivity index (χ3v) is 4.35. The van der Waals surface area contributed by atoms with Gasteiger partial charge in [0.1, 0.15) is 11.5 Å². The van der Waals surface area contributed by atoms with E-state index in [2.05, 4.69) is 29.2 Å². The fourth-order valence-corrected chi connectivity index (χ4v) is 3.23. The third-order valence-electron chi connectivity index (χ3n) is 4.35. The molecule has 0 saturated heterocycles. The van der Waals surface area contributed by atoms with Crippen LogP contribution in [0.1, 0.15) is 46.2 Å². The molecule has 1 aromatic carbocycles. The molecule has 0 radical (unpaired) electrons. The zero-order valence-corrected chi connectivity index (χ0v) is 12.5. The highest BCUT2D eigenvalue weighted by atomic mass is 16.5. The largest absolute Gasteiger partial charge is 0.464 e. The summed E-state index contributed by atoms with van der Waals surface area (Å²) in [6.45, 7) is 2.72. The van der Waals surface area contributed by atoms with E-state index in [9.17, 15) is 4.79 Å². The van der Waals surface area contributed by atoms with Gasteiger partial charge in [-0.05, 0) is 37.3 Å². The van der Waals surface area contributed by atoms with Crippen LogP contribution < -0.4 is 0 Å². The van der Waals surface area contributed by atoms with E-state index >= 15 is 0 Å². The highest BCUT2D eigenvalue weighted by Crippen LogP contribution is 2.33. The molecule has 0 bridgehead atoms. The van der Waals surface area contributed by atoms with E-state index in [0.29, 0.717) is 11.6 Å². The molecular formula is C17H20N2O2. The van der Waals surface area contributed by atoms with Crippen LogP contribution in [-0.2, 0) is 17.7 Å². The summed E-state index contributed by atoms with van der Waals surface area (Å²) in [5.41, 5.74) is 3.39. The maximum atomic E-state index is 11.9. The smallest absolute Gasteiger partial charge is 0.356 e. The van der Waals surface area contributed by atoms with Gasteiger partial charge in [-0.15, -0.1) is 0 Å². The molecule has 1 unspecified atom stereocenters. The fourth-order valence-electron chi connectivity index (χ4n) is 3.23. The molecule has 0 N–H and O–H groups in total. The molecule has 4 nitrogen and oxygen atoms in total. The first kappa shape index (κ1) is 13.9. The quantitative estimate of drug-likeness (QED) is 0.813. The normalized spacial score (nSPS) is 17.3. The second kappa shape index (κ2) is 5.72. The second-order valence-corrected chi connectivity index (χ2v) is 5.58. The van der Waals surface area contributed by atoms with Gasteiger partial charge in [0.05, 0.1) is 13.3 Å². The predicted octanol–water partition coefficient (Wildman–Crippen LogP) is 3.10. The molecule has 21 heavy (non-hydrogen) atoms. The number of rotatable bonds is 3. The minimum Gasteiger partial charge on any atom is -0.464 e. The molecule has 0 spiro atoms. The van der Waals surface area contributed by atoms with E-state index < -0.39 is 0 Å². The Kier molecular flexibility index (Phi) is 3.78. The molecule has 0 saturated carbocycles. The number of methoxy groups -OCH3 is 1. The zero-order valence-electron chi connectivity index (χ0n) is 12.5. The van der Waals surface area contributed by atoms with E-state index in [1.165, 1.54) is 24.7 Å². The van der Waals surface area contributed by atoms with Crippen LogP contribution >= 0.6 is 0 Å². The molecule has 0 fully saturated rings. The zero-order chi connectivity index (χ0) is 14.8. The van der Waals surface area contributed by atoms with E-state index in [-0.39, 0.29) is 5.97 Å². The maximum Gasteiger partial charge on any atom is 0.356 e. The Morgan fingerprint density at radius 3 is 3.05 bits per heavy atom. The highest BCUT2D eigenvalue weighted by molar-refractivity contribution is 5.87. The summed E-state index contributed by atoms with van der Waals surface area (Å²) in [7, 11) is 1.41. The summed E-state index contributed by atoms with van der Waals surface area (Å²) < 4.78 is 6.83. The molecule has 0 amide bonds. The third kappa shape index (κ3) is 2.58. The number of imidazole rings is 1. The minimum absolute atomic E-state index is 0.320. The molecule has 1 aliphatic carbocycles. The van der Waals surface area contributed by atoms with Crippen molar-refractivity contribution < 1.29 is 9.53 Å². The maximum absolute atomic E-state index is 11.9. The molecule has 1 aromatic heterocycles. The Morgan fingerprint density at radius 2 is 2.24 bits per heavy atom. The highest BCUT2D eigenvalue weighted by Gasteiger charge is 2.23. The van der Waals surface area contributed by atoms with Gasteiger partial charge in [-0.25, -0.2) is 9.78 Å². The number of esters is 1. The number of ether oxygens (including phenoxy) is 1. The van der Waals surface area contributed by atoms with Crippen LogP contribution in [-0.4, -0.2) is 22.6 Å². The van der Waals surface area contributed by atoms with Crippen molar-refractivity contribution in [2.24, 2.45) is 0 Å². The van der Waals surface area contributed by atoms with Gasteiger partial charge in [-0.3, -0.25) is 0 Å². The van der Waals surface area contributed by atoms with Gasteiger partial charge in [0, 0.05) is 12.5 Å². The number of nitrogens with zero attached hydrogens (tertiary/aromatic N) is 2. The first-order valence-electron chi connectivity index (χ1n) is 7.39. The van der Waals surface area contributed by atoms with Crippen LogP contribution in [0.2, 0.25) is 0 Å². The minimum atomic E-state index is -0.320. The van der Waals surface area contributed by atoms with Crippen molar-refractivity contribution in [3.05, 3.63) is 53.1 Å². The molecule has 0 aliphatic heterocycles. The fraction of sp³-hybridized carbons (Fsp3) is 0.412. The number of aryl methyl sites for hydroxylation is 2. The van der Waals surface area contributed by atoms with E-state index in [0.717, 1.165) is 25.2 Å². The van der Waals surface area contributed by atoms with E-state index in [1.54, 1.807) is 6.20 Å². The van der Waals surface area contributed by atoms with Crippen LogP contribution in [0, 0.1) is 6.92 Å². The molecule has 3 rings (SSSR count). The summed E-state index contributed by atoms with van der Waals surface area (Å²) in [6.07, 6.45) is 5.10. The molecule has 110 valence electrons. The Balaban J connectivity index is 1.92. The Hall–Kier alpha value is -2.10. The number of aromatic nitrogens is 2. The Bertz CT molecular complexity index is 661. The molecule has 1 atom stereocenters. The van der Waals surface area contributed by atoms with Crippen LogP contribution in [0.3, 0.4) is 0 Å². The number of hydrogen-bond donors (Lipinski definition) is 0. The number of fused-ring (bicyclic) bond motifs is 1. The summed E-state index contributed by atoms with van der Waals surface area (Å²) in [6, 6.07) is 8.62. The molecule has 4 heteroatoms. The van der Waals surface area contributed by atoms with Gasteiger partial charge in [0.15, 0.2) is 0 Å². The predicted molar refractivity (Wildman–Crippen MR) is 80.4 cm³/mol. The molecule has 2 aromatic rings. The van der Waals surface area contributed by atoms with Crippen molar-refractivity contribution in [2.75, 3.05) is 7.11 Å². The molecule has 1 aliphatic rings. The lowest BCUT2D eigenvalue weighted by Crippen LogP contribution is -2.19. The summed E-state index contributed by atoms with van der Waals surface area (Å²) in [4.78, 5) is 16.1.